The molecule has 2 rings (SSSR count). The van der Waals surface area contributed by atoms with Crippen molar-refractivity contribution < 1.29 is 22.7 Å². The molecular formula is C18H18F3N3O2. The van der Waals surface area contributed by atoms with Crippen molar-refractivity contribution in [3.63, 3.8) is 0 Å². The van der Waals surface area contributed by atoms with Crippen molar-refractivity contribution in [3.8, 4) is 5.75 Å². The number of nitrogens with one attached hydrogen (secondary N) is 1. The van der Waals surface area contributed by atoms with Crippen LogP contribution in [0.2, 0.25) is 0 Å². The van der Waals surface area contributed by atoms with Crippen molar-refractivity contribution in [1.82, 2.24) is 4.90 Å². The van der Waals surface area contributed by atoms with E-state index >= 15 is 0 Å². The minimum atomic E-state index is -2.96. The van der Waals surface area contributed by atoms with E-state index in [1.807, 2.05) is 0 Å². The summed E-state index contributed by atoms with van der Waals surface area (Å²) in [6.45, 7) is -1.39. The van der Waals surface area contributed by atoms with Crippen molar-refractivity contribution in [2.75, 3.05) is 7.05 Å². The molecule has 3 N–H and O–H groups in total. The Hall–Kier alpha value is -3.03. The molecule has 1 atom stereocenters. The third-order valence-electron chi connectivity index (χ3n) is 3.89. The van der Waals surface area contributed by atoms with E-state index in [9.17, 15) is 18.0 Å². The van der Waals surface area contributed by atoms with Crippen LogP contribution < -0.4 is 10.5 Å². The third-order valence-corrected chi connectivity index (χ3v) is 3.89. The number of guanidine groups is 1. The number of carbonyl (C=O) groups is 1. The van der Waals surface area contributed by atoms with E-state index in [0.29, 0.717) is 16.7 Å². The van der Waals surface area contributed by atoms with Crippen molar-refractivity contribution in [2.24, 2.45) is 5.73 Å². The number of rotatable bonds is 5. The Bertz CT molecular complexity index is 810. The van der Waals surface area contributed by atoms with Gasteiger partial charge in [0.15, 0.2) is 5.96 Å². The highest BCUT2D eigenvalue weighted by molar-refractivity contribution is 5.99. The molecule has 0 aliphatic heterocycles. The number of nitrogens with two attached hydrogens (primary N) is 1. The summed E-state index contributed by atoms with van der Waals surface area (Å²) in [5.41, 5.74) is 6.76. The lowest BCUT2D eigenvalue weighted by Gasteiger charge is -2.24. The first-order valence-electron chi connectivity index (χ1n) is 7.63. The number of halogens is 3. The highest BCUT2D eigenvalue weighted by Crippen LogP contribution is 2.31. The summed E-state index contributed by atoms with van der Waals surface area (Å²) in [7, 11) is 1.35. The van der Waals surface area contributed by atoms with E-state index in [0.717, 1.165) is 4.90 Å². The topological polar surface area (TPSA) is 79.4 Å². The van der Waals surface area contributed by atoms with Crippen LogP contribution in [0, 0.1) is 18.2 Å². The molecule has 1 unspecified atom stereocenters. The zero-order valence-electron chi connectivity index (χ0n) is 14.2. The number of alkyl halides is 2. The number of hydrogen-bond acceptors (Lipinski definition) is 3. The van der Waals surface area contributed by atoms with E-state index in [2.05, 4.69) is 4.74 Å². The molecule has 5 nitrogen and oxygen atoms in total. The van der Waals surface area contributed by atoms with Crippen molar-refractivity contribution in [1.29, 1.82) is 5.41 Å². The minimum Gasteiger partial charge on any atom is -0.435 e. The zero-order valence-corrected chi connectivity index (χ0v) is 14.2. The lowest BCUT2D eigenvalue weighted by atomic mass is 9.89. The molecule has 0 aliphatic rings. The highest BCUT2D eigenvalue weighted by atomic mass is 19.3. The van der Waals surface area contributed by atoms with Gasteiger partial charge >= 0.3 is 6.61 Å². The summed E-state index contributed by atoms with van der Waals surface area (Å²) >= 11 is 0. The predicted molar refractivity (Wildman–Crippen MR) is 90.7 cm³/mol. The van der Waals surface area contributed by atoms with Gasteiger partial charge in [0.2, 0.25) is 5.91 Å². The molecule has 2 aromatic carbocycles. The van der Waals surface area contributed by atoms with Gasteiger partial charge in [-0.15, -0.1) is 0 Å². The molecule has 0 saturated carbocycles. The number of likely N-dealkylation sites (N-methyl/N-ethyl adjacent to an activating group) is 1. The van der Waals surface area contributed by atoms with E-state index in [-0.39, 0.29) is 5.75 Å². The maximum Gasteiger partial charge on any atom is 0.387 e. The first kappa shape index (κ1) is 19.3. The van der Waals surface area contributed by atoms with Gasteiger partial charge in [0, 0.05) is 7.05 Å². The predicted octanol–water partition coefficient (Wildman–Crippen LogP) is 3.22. The standard InChI is InChI=1S/C18H18F3N3O2/c1-10-9-12(5-8-14(10)26-17(20)21)15(16(25)24(2)18(22)23)11-3-6-13(19)7-4-11/h3-9,15,17H,1-2H3,(H3,22,23). The lowest BCUT2D eigenvalue weighted by Crippen LogP contribution is -2.41. The van der Waals surface area contributed by atoms with Crippen molar-refractivity contribution in [2.45, 2.75) is 19.5 Å². The summed E-state index contributed by atoms with van der Waals surface area (Å²) in [5, 5.41) is 7.46. The van der Waals surface area contributed by atoms with Gasteiger partial charge in [-0.3, -0.25) is 15.1 Å². The Balaban J connectivity index is 2.50. The fraction of sp³-hybridized carbons (Fsp3) is 0.222. The van der Waals surface area contributed by atoms with Gasteiger partial charge in [-0.2, -0.15) is 8.78 Å². The van der Waals surface area contributed by atoms with E-state index < -0.39 is 30.2 Å². The van der Waals surface area contributed by atoms with Gasteiger partial charge in [-0.05, 0) is 41.8 Å². The fourth-order valence-corrected chi connectivity index (χ4v) is 2.53. The van der Waals surface area contributed by atoms with Crippen LogP contribution in [0.25, 0.3) is 0 Å². The first-order chi connectivity index (χ1) is 12.2. The Kier molecular flexibility index (Phi) is 5.86. The molecule has 8 heteroatoms. The Labute approximate surface area is 148 Å². The average Bonchev–Trinajstić information content (AvgIpc) is 2.58. The molecule has 1 amide bonds. The summed E-state index contributed by atoms with van der Waals surface area (Å²) in [4.78, 5) is 13.8. The second-order valence-corrected chi connectivity index (χ2v) is 5.67. The molecule has 0 bridgehead atoms. The monoisotopic (exact) mass is 365 g/mol. The summed E-state index contributed by atoms with van der Waals surface area (Å²) < 4.78 is 42.5. The molecule has 0 spiro atoms. The maximum atomic E-state index is 13.2. The number of nitrogens with zero attached hydrogens (tertiary/aromatic N) is 1. The number of carbonyl (C=O) groups excluding carboxylic acids is 1. The normalized spacial score (nSPS) is 11.9. The summed E-state index contributed by atoms with van der Waals surface area (Å²) in [6.07, 6.45) is 0. The maximum absolute atomic E-state index is 13.2. The summed E-state index contributed by atoms with van der Waals surface area (Å²) in [6, 6.07) is 9.68. The van der Waals surface area contributed by atoms with E-state index in [4.69, 9.17) is 11.1 Å². The van der Waals surface area contributed by atoms with Crippen LogP contribution in [0.3, 0.4) is 0 Å². The van der Waals surface area contributed by atoms with Crippen LogP contribution in [0.1, 0.15) is 22.6 Å². The van der Waals surface area contributed by atoms with Crippen LogP contribution in [0.15, 0.2) is 42.5 Å². The van der Waals surface area contributed by atoms with Crippen molar-refractivity contribution in [3.05, 3.63) is 65.0 Å². The molecule has 0 saturated heterocycles. The lowest BCUT2D eigenvalue weighted by molar-refractivity contribution is -0.127. The number of ether oxygens (including phenoxy) is 1. The van der Waals surface area contributed by atoms with Crippen LogP contribution in [-0.4, -0.2) is 30.4 Å². The second-order valence-electron chi connectivity index (χ2n) is 5.67. The highest BCUT2D eigenvalue weighted by Gasteiger charge is 2.27. The number of hydrogen-bond donors (Lipinski definition) is 2. The molecule has 138 valence electrons. The second kappa shape index (κ2) is 7.90. The molecule has 0 aliphatic carbocycles. The molecule has 0 aromatic heterocycles. The molecule has 2 aromatic rings. The van der Waals surface area contributed by atoms with E-state index in [1.165, 1.54) is 49.5 Å². The Morgan fingerprint density at radius 1 is 1.15 bits per heavy atom. The third kappa shape index (κ3) is 4.33. The molecule has 0 heterocycles. The van der Waals surface area contributed by atoms with Crippen LogP contribution in [0.5, 0.6) is 5.75 Å². The van der Waals surface area contributed by atoms with Crippen LogP contribution in [-0.2, 0) is 4.79 Å². The van der Waals surface area contributed by atoms with Crippen molar-refractivity contribution >= 4 is 11.9 Å². The quantitative estimate of drug-likeness (QED) is 0.631. The van der Waals surface area contributed by atoms with Gasteiger partial charge in [-0.25, -0.2) is 4.39 Å². The van der Waals surface area contributed by atoms with Gasteiger partial charge < -0.3 is 10.5 Å². The molecule has 0 radical (unpaired) electrons. The molecule has 26 heavy (non-hydrogen) atoms. The number of benzene rings is 2. The van der Waals surface area contributed by atoms with Gasteiger partial charge in [-0.1, -0.05) is 24.3 Å². The van der Waals surface area contributed by atoms with Gasteiger partial charge in [0.25, 0.3) is 0 Å². The van der Waals surface area contributed by atoms with Crippen LogP contribution in [0.4, 0.5) is 13.2 Å². The fourth-order valence-electron chi connectivity index (χ4n) is 2.53. The zero-order chi connectivity index (χ0) is 19.4. The van der Waals surface area contributed by atoms with Crippen LogP contribution >= 0.6 is 0 Å². The Morgan fingerprint density at radius 2 is 1.73 bits per heavy atom. The first-order valence-corrected chi connectivity index (χ1v) is 7.63. The Morgan fingerprint density at radius 3 is 2.23 bits per heavy atom. The number of amides is 1. The summed E-state index contributed by atoms with van der Waals surface area (Å²) in [5.74, 6) is -2.31. The minimum absolute atomic E-state index is 0.00558. The smallest absolute Gasteiger partial charge is 0.387 e. The number of aryl methyl sites for hydroxylation is 1. The van der Waals surface area contributed by atoms with E-state index in [1.54, 1.807) is 6.92 Å². The molecular weight excluding hydrogens is 347 g/mol. The SMILES string of the molecule is Cc1cc(C(C(=O)N(C)C(=N)N)c2ccc(F)cc2)ccc1OC(F)F. The average molecular weight is 365 g/mol. The molecule has 0 fully saturated rings. The van der Waals surface area contributed by atoms with Gasteiger partial charge in [0.05, 0.1) is 5.92 Å². The largest absolute Gasteiger partial charge is 0.435 e. The van der Waals surface area contributed by atoms with Gasteiger partial charge in [0.1, 0.15) is 11.6 Å².